The van der Waals surface area contributed by atoms with Crippen molar-refractivity contribution in [3.8, 4) is 0 Å². The summed E-state index contributed by atoms with van der Waals surface area (Å²) in [5.74, 6) is 0. The first kappa shape index (κ1) is 13.4. The van der Waals surface area contributed by atoms with Gasteiger partial charge in [-0.3, -0.25) is 0 Å². The zero-order valence-corrected chi connectivity index (χ0v) is 12.5. The summed E-state index contributed by atoms with van der Waals surface area (Å²) in [5, 5.41) is 2.64. The number of hydrogen-bond acceptors (Lipinski definition) is 0. The fourth-order valence-electron chi connectivity index (χ4n) is 2.94. The second-order valence-corrected chi connectivity index (χ2v) is 5.13. The lowest BCUT2D eigenvalue weighted by Gasteiger charge is -2.08. The normalized spacial score (nSPS) is 12.6. The monoisotopic (exact) mass is 273 g/mol. The molecule has 0 aliphatic carbocycles. The van der Waals surface area contributed by atoms with E-state index in [1.807, 2.05) is 12.2 Å². The smallest absolute Gasteiger partial charge is 0.0543 e. The molecule has 3 aromatic rings. The van der Waals surface area contributed by atoms with Gasteiger partial charge < -0.3 is 4.57 Å². The van der Waals surface area contributed by atoms with Crippen molar-refractivity contribution >= 4 is 27.5 Å². The number of rotatable bonds is 3. The Morgan fingerprint density at radius 1 is 1.05 bits per heavy atom. The minimum absolute atomic E-state index is 1.16. The van der Waals surface area contributed by atoms with Gasteiger partial charge in [0.15, 0.2) is 0 Å². The largest absolute Gasteiger partial charge is 0.310 e. The van der Waals surface area contributed by atoms with E-state index in [0.717, 1.165) is 5.70 Å². The molecule has 1 nitrogen and oxygen atoms in total. The number of nitrogens with zero attached hydrogens (tertiary/aromatic N) is 1. The maximum absolute atomic E-state index is 3.76. The second-order valence-electron chi connectivity index (χ2n) is 5.13. The topological polar surface area (TPSA) is 4.93 Å². The first-order valence-corrected chi connectivity index (χ1v) is 7.22. The van der Waals surface area contributed by atoms with Crippen molar-refractivity contribution < 1.29 is 0 Å². The number of fused-ring (bicyclic) bond motifs is 3. The molecule has 2 aromatic carbocycles. The summed E-state index contributed by atoms with van der Waals surface area (Å²) in [5.41, 5.74) is 4.96. The third-order valence-electron chi connectivity index (χ3n) is 3.86. The van der Waals surface area contributed by atoms with Crippen LogP contribution in [0.3, 0.4) is 0 Å². The fourth-order valence-corrected chi connectivity index (χ4v) is 2.94. The molecule has 0 unspecified atom stereocenters. The molecule has 104 valence electrons. The van der Waals surface area contributed by atoms with Crippen molar-refractivity contribution in [1.82, 2.24) is 4.57 Å². The molecule has 0 bridgehead atoms. The van der Waals surface area contributed by atoms with Gasteiger partial charge in [0.1, 0.15) is 0 Å². The first-order chi connectivity index (χ1) is 10.3. The predicted molar refractivity (Wildman–Crippen MR) is 93.5 cm³/mol. The van der Waals surface area contributed by atoms with Gasteiger partial charge in [-0.05, 0) is 37.6 Å². The van der Waals surface area contributed by atoms with Crippen LogP contribution in [0.15, 0.2) is 73.3 Å². The van der Waals surface area contributed by atoms with Crippen LogP contribution in [0.4, 0.5) is 0 Å². The highest BCUT2D eigenvalue weighted by atomic mass is 15.0. The molecular formula is C20H19N. The standard InChI is InChI=1S/C20H19N/c1-4-6-11-16(5-2)21-18-13-8-7-12-17(18)20-15(3)10-9-14-19(20)21/h4-14H,1H2,2-3H3/b11-6-,16-5+. The summed E-state index contributed by atoms with van der Waals surface area (Å²) < 4.78 is 2.32. The molecular weight excluding hydrogens is 254 g/mol. The van der Waals surface area contributed by atoms with Gasteiger partial charge in [0.05, 0.1) is 11.0 Å². The van der Waals surface area contributed by atoms with E-state index >= 15 is 0 Å². The van der Waals surface area contributed by atoms with E-state index in [1.54, 1.807) is 0 Å². The highest BCUT2D eigenvalue weighted by Crippen LogP contribution is 2.33. The summed E-state index contributed by atoms with van der Waals surface area (Å²) in [7, 11) is 0. The first-order valence-electron chi connectivity index (χ1n) is 7.22. The second kappa shape index (κ2) is 5.45. The van der Waals surface area contributed by atoms with Crippen LogP contribution in [0.2, 0.25) is 0 Å². The highest BCUT2D eigenvalue weighted by Gasteiger charge is 2.12. The Bertz CT molecular complexity index is 875. The van der Waals surface area contributed by atoms with Crippen molar-refractivity contribution in [3.05, 3.63) is 78.9 Å². The molecule has 0 spiro atoms. The highest BCUT2D eigenvalue weighted by molar-refractivity contribution is 6.11. The maximum Gasteiger partial charge on any atom is 0.0543 e. The Morgan fingerprint density at radius 2 is 1.81 bits per heavy atom. The molecule has 0 atom stereocenters. The Kier molecular flexibility index (Phi) is 3.49. The van der Waals surface area contributed by atoms with E-state index in [1.165, 1.54) is 27.4 Å². The summed E-state index contributed by atoms with van der Waals surface area (Å²) >= 11 is 0. The van der Waals surface area contributed by atoms with Gasteiger partial charge in [0, 0.05) is 16.5 Å². The van der Waals surface area contributed by atoms with Crippen LogP contribution in [0, 0.1) is 6.92 Å². The van der Waals surface area contributed by atoms with Crippen LogP contribution >= 0.6 is 0 Å². The molecule has 21 heavy (non-hydrogen) atoms. The van der Waals surface area contributed by atoms with Gasteiger partial charge in [0.2, 0.25) is 0 Å². The Labute approximate surface area is 125 Å². The van der Waals surface area contributed by atoms with Crippen molar-refractivity contribution in [2.24, 2.45) is 0 Å². The number of hydrogen-bond donors (Lipinski definition) is 0. The molecule has 1 aromatic heterocycles. The number of para-hydroxylation sites is 1. The quantitative estimate of drug-likeness (QED) is 0.539. The molecule has 0 N–H and O–H groups in total. The Hall–Kier alpha value is -2.54. The number of benzene rings is 2. The summed E-state index contributed by atoms with van der Waals surface area (Å²) in [4.78, 5) is 0. The van der Waals surface area contributed by atoms with Gasteiger partial charge in [0.25, 0.3) is 0 Å². The lowest BCUT2D eigenvalue weighted by atomic mass is 10.1. The van der Waals surface area contributed by atoms with Crippen LogP contribution in [0.5, 0.6) is 0 Å². The predicted octanol–water partition coefficient (Wildman–Crippen LogP) is 5.71. The van der Waals surface area contributed by atoms with Crippen molar-refractivity contribution in [1.29, 1.82) is 0 Å². The molecule has 0 fully saturated rings. The zero-order chi connectivity index (χ0) is 14.8. The van der Waals surface area contributed by atoms with E-state index in [-0.39, 0.29) is 0 Å². The van der Waals surface area contributed by atoms with E-state index in [9.17, 15) is 0 Å². The molecule has 0 aliphatic rings. The molecule has 0 aliphatic heterocycles. The minimum atomic E-state index is 1.16. The lowest BCUT2D eigenvalue weighted by molar-refractivity contribution is 1.23. The number of aromatic nitrogens is 1. The van der Waals surface area contributed by atoms with Crippen LogP contribution in [0.25, 0.3) is 27.5 Å². The van der Waals surface area contributed by atoms with Crippen LogP contribution < -0.4 is 0 Å². The van der Waals surface area contributed by atoms with E-state index < -0.39 is 0 Å². The molecule has 0 radical (unpaired) electrons. The molecule has 1 heteroatoms. The van der Waals surface area contributed by atoms with Gasteiger partial charge >= 0.3 is 0 Å². The lowest BCUT2D eigenvalue weighted by Crippen LogP contribution is -1.94. The number of aryl methyl sites for hydroxylation is 1. The Balaban J connectivity index is 2.47. The van der Waals surface area contributed by atoms with Gasteiger partial charge in [-0.15, -0.1) is 0 Å². The summed E-state index contributed by atoms with van der Waals surface area (Å²) in [6.07, 6.45) is 8.02. The molecule has 0 amide bonds. The third kappa shape index (κ3) is 2.11. The van der Waals surface area contributed by atoms with Crippen LogP contribution in [-0.4, -0.2) is 4.57 Å². The third-order valence-corrected chi connectivity index (χ3v) is 3.86. The molecule has 0 saturated carbocycles. The Morgan fingerprint density at radius 3 is 2.57 bits per heavy atom. The van der Waals surface area contributed by atoms with E-state index in [2.05, 4.69) is 79.6 Å². The zero-order valence-electron chi connectivity index (χ0n) is 12.5. The van der Waals surface area contributed by atoms with Crippen molar-refractivity contribution in [2.45, 2.75) is 13.8 Å². The van der Waals surface area contributed by atoms with E-state index in [0.29, 0.717) is 0 Å². The van der Waals surface area contributed by atoms with E-state index in [4.69, 9.17) is 0 Å². The van der Waals surface area contributed by atoms with Gasteiger partial charge in [-0.2, -0.15) is 0 Å². The summed E-state index contributed by atoms with van der Waals surface area (Å²) in [6, 6.07) is 15.1. The number of allylic oxidation sites excluding steroid dienone is 5. The summed E-state index contributed by atoms with van der Waals surface area (Å²) in [6.45, 7) is 8.01. The molecule has 3 rings (SSSR count). The molecule has 0 saturated heterocycles. The SMILES string of the molecule is C=C/C=C\C(=C/C)n1c2ccccc2c2c(C)cccc21. The average Bonchev–Trinajstić information content (AvgIpc) is 2.84. The average molecular weight is 273 g/mol. The van der Waals surface area contributed by atoms with Gasteiger partial charge in [-0.1, -0.05) is 55.1 Å². The van der Waals surface area contributed by atoms with Gasteiger partial charge in [-0.25, -0.2) is 0 Å². The van der Waals surface area contributed by atoms with Crippen LogP contribution in [-0.2, 0) is 0 Å². The minimum Gasteiger partial charge on any atom is -0.310 e. The maximum atomic E-state index is 3.76. The molecule has 1 heterocycles. The fraction of sp³-hybridized carbons (Fsp3) is 0.100. The van der Waals surface area contributed by atoms with Crippen LogP contribution in [0.1, 0.15) is 12.5 Å². The van der Waals surface area contributed by atoms with Crippen molar-refractivity contribution in [3.63, 3.8) is 0 Å². The van der Waals surface area contributed by atoms with Crippen molar-refractivity contribution in [2.75, 3.05) is 0 Å².